The Morgan fingerprint density at radius 1 is 0.909 bits per heavy atom. The molecular weight excluding hydrogens is 711 g/mol. The lowest BCUT2D eigenvalue weighted by Gasteiger charge is -2.43. The van der Waals surface area contributed by atoms with Crippen LogP contribution in [0.25, 0.3) is 11.1 Å². The summed E-state index contributed by atoms with van der Waals surface area (Å²) in [6.07, 6.45) is -6.47. The van der Waals surface area contributed by atoms with Crippen LogP contribution in [-0.4, -0.2) is 76.3 Å². The molecule has 0 unspecified atom stereocenters. The van der Waals surface area contributed by atoms with Crippen molar-refractivity contribution in [1.29, 1.82) is 0 Å². The number of likely N-dealkylation sites (tertiary alicyclic amines) is 1. The molecular formula is C43H48F3N3O6. The molecule has 9 nitrogen and oxygen atoms in total. The van der Waals surface area contributed by atoms with Gasteiger partial charge in [0.05, 0.1) is 24.9 Å². The molecule has 292 valence electrons. The summed E-state index contributed by atoms with van der Waals surface area (Å²) in [5.41, 5.74) is 5.96. The number of hydrogen-bond acceptors (Lipinski definition) is 7. The molecule has 4 aromatic rings. The van der Waals surface area contributed by atoms with Gasteiger partial charge in [-0.1, -0.05) is 104 Å². The van der Waals surface area contributed by atoms with Gasteiger partial charge >= 0.3 is 12.1 Å². The van der Waals surface area contributed by atoms with Crippen molar-refractivity contribution in [1.82, 2.24) is 15.1 Å². The predicted octanol–water partition coefficient (Wildman–Crippen LogP) is 6.86. The number of nitrogens with one attached hydrogen (secondary N) is 1. The van der Waals surface area contributed by atoms with Crippen molar-refractivity contribution < 1.29 is 42.4 Å². The van der Waals surface area contributed by atoms with Gasteiger partial charge in [0.15, 0.2) is 6.29 Å². The van der Waals surface area contributed by atoms with Gasteiger partial charge in [-0.05, 0) is 66.3 Å². The monoisotopic (exact) mass is 759 g/mol. The van der Waals surface area contributed by atoms with E-state index in [1.165, 1.54) is 0 Å². The highest BCUT2D eigenvalue weighted by molar-refractivity contribution is 5.90. The number of likely N-dealkylation sites (N-methyl/N-ethyl adjacent to an activating group) is 1. The Hall–Kier alpha value is -4.59. The first-order valence-electron chi connectivity index (χ1n) is 18.6. The summed E-state index contributed by atoms with van der Waals surface area (Å²) in [4.78, 5) is 27.4. The SMILES string of the molecule is C[C@H]1[C@@H](CN(C)[C@H](C)[C@@H](O)c2ccccc2)O[C@@H](c2ccc(-c3cccc(CNC(=O)[C@@H]4CCCN4C(=O)C(F)(F)F)c3)cc2)O[C@H]1c1ccc(CO)cc1. The normalized spacial score (nSPS) is 22.7. The largest absolute Gasteiger partial charge is 0.471 e. The first kappa shape index (κ1) is 40.1. The summed E-state index contributed by atoms with van der Waals surface area (Å²) in [6.45, 7) is 4.56. The standard InChI is InChI=1S/C43H48F3N3O6/c1-27-37(25-48(3)28(2)38(51)32-10-5-4-6-11-32)54-41(55-39(27)33-16-14-29(26-50)15-17-33)34-20-18-31(19-21-34)35-12-7-9-30(23-35)24-47-40(52)36-13-8-22-49(36)42(53)43(44,45)46/h4-7,9-12,14-21,23,27-28,36-39,41,50-51H,8,13,22,24-26H2,1-3H3,(H,47,52)/t27-,28+,36-,37+,38+,39+,41+/m0/s1. The maximum absolute atomic E-state index is 13.1. The third kappa shape index (κ3) is 9.45. The zero-order valence-corrected chi connectivity index (χ0v) is 31.2. The zero-order valence-electron chi connectivity index (χ0n) is 31.2. The Morgan fingerprint density at radius 3 is 2.27 bits per heavy atom. The lowest BCUT2D eigenvalue weighted by molar-refractivity contribution is -0.276. The molecule has 2 saturated heterocycles. The molecule has 7 atom stereocenters. The van der Waals surface area contributed by atoms with Crippen LogP contribution in [0.15, 0.2) is 103 Å². The number of alkyl halides is 3. The van der Waals surface area contributed by atoms with Crippen molar-refractivity contribution in [2.45, 2.75) is 82.7 Å². The fraction of sp³-hybridized carbons (Fsp3) is 0.395. The second-order valence-corrected chi connectivity index (χ2v) is 14.6. The smallest absolute Gasteiger partial charge is 0.392 e. The highest BCUT2D eigenvalue weighted by Gasteiger charge is 2.47. The van der Waals surface area contributed by atoms with Crippen LogP contribution < -0.4 is 5.32 Å². The maximum atomic E-state index is 13.1. The Balaban J connectivity index is 1.16. The summed E-state index contributed by atoms with van der Waals surface area (Å²) in [5, 5.41) is 23.5. The molecule has 2 aliphatic rings. The van der Waals surface area contributed by atoms with Crippen LogP contribution in [0.3, 0.4) is 0 Å². The van der Waals surface area contributed by atoms with E-state index >= 15 is 0 Å². The minimum Gasteiger partial charge on any atom is -0.392 e. The average molecular weight is 760 g/mol. The third-order valence-electron chi connectivity index (χ3n) is 10.9. The van der Waals surface area contributed by atoms with Crippen molar-refractivity contribution in [2.24, 2.45) is 5.92 Å². The van der Waals surface area contributed by atoms with Crippen molar-refractivity contribution >= 4 is 11.8 Å². The number of carbonyl (C=O) groups is 2. The molecule has 0 aromatic heterocycles. The van der Waals surface area contributed by atoms with Gasteiger partial charge in [0.2, 0.25) is 5.91 Å². The third-order valence-corrected chi connectivity index (χ3v) is 10.9. The summed E-state index contributed by atoms with van der Waals surface area (Å²) in [6, 6.07) is 31.3. The minimum absolute atomic E-state index is 0.0517. The van der Waals surface area contributed by atoms with E-state index in [0.29, 0.717) is 17.9 Å². The lowest BCUT2D eigenvalue weighted by atomic mass is 9.89. The molecule has 6 rings (SSSR count). The molecule has 0 saturated carbocycles. The Kier molecular flexibility index (Phi) is 12.7. The first-order valence-corrected chi connectivity index (χ1v) is 18.6. The molecule has 12 heteroatoms. The molecule has 0 radical (unpaired) electrons. The first-order chi connectivity index (χ1) is 26.3. The second kappa shape index (κ2) is 17.5. The Morgan fingerprint density at radius 2 is 1.60 bits per heavy atom. The van der Waals surface area contributed by atoms with E-state index < -0.39 is 36.4 Å². The molecule has 0 bridgehead atoms. The highest BCUT2D eigenvalue weighted by Crippen LogP contribution is 2.42. The zero-order chi connectivity index (χ0) is 39.3. The minimum atomic E-state index is -5.03. The van der Waals surface area contributed by atoms with Crippen LogP contribution in [-0.2, 0) is 32.2 Å². The van der Waals surface area contributed by atoms with Gasteiger partial charge in [0.25, 0.3) is 0 Å². The van der Waals surface area contributed by atoms with Crippen molar-refractivity contribution in [3.05, 3.63) is 131 Å². The summed E-state index contributed by atoms with van der Waals surface area (Å²) in [7, 11) is 1.98. The molecule has 2 amide bonds. The molecule has 3 N–H and O–H groups in total. The van der Waals surface area contributed by atoms with Crippen molar-refractivity contribution in [2.75, 3.05) is 20.1 Å². The number of aliphatic hydroxyl groups is 2. The number of nitrogens with zero attached hydrogens (tertiary/aromatic N) is 2. The topological polar surface area (TPSA) is 112 Å². The number of aliphatic hydroxyl groups excluding tert-OH is 2. The molecule has 2 fully saturated rings. The highest BCUT2D eigenvalue weighted by atomic mass is 19.4. The van der Waals surface area contributed by atoms with Gasteiger partial charge in [-0.25, -0.2) is 0 Å². The number of halogens is 3. The van der Waals surface area contributed by atoms with E-state index in [-0.39, 0.29) is 50.3 Å². The number of carbonyl (C=O) groups excluding carboxylic acids is 2. The molecule has 0 aliphatic carbocycles. The van der Waals surface area contributed by atoms with Gasteiger partial charge in [-0.2, -0.15) is 13.2 Å². The average Bonchev–Trinajstić information content (AvgIpc) is 3.70. The van der Waals surface area contributed by atoms with E-state index in [4.69, 9.17) is 9.47 Å². The van der Waals surface area contributed by atoms with Gasteiger partial charge in [-0.3, -0.25) is 14.5 Å². The number of amides is 2. The molecule has 4 aromatic carbocycles. The van der Waals surface area contributed by atoms with Crippen LogP contribution in [0.1, 0.15) is 73.0 Å². The van der Waals surface area contributed by atoms with E-state index in [0.717, 1.165) is 38.9 Å². The molecule has 55 heavy (non-hydrogen) atoms. The van der Waals surface area contributed by atoms with Crippen molar-refractivity contribution in [3.63, 3.8) is 0 Å². The number of ether oxygens (including phenoxy) is 2. The summed E-state index contributed by atoms with van der Waals surface area (Å²) >= 11 is 0. The molecule has 2 heterocycles. The number of benzene rings is 4. The number of hydrogen-bond donors (Lipinski definition) is 3. The summed E-state index contributed by atoms with van der Waals surface area (Å²) < 4.78 is 52.5. The predicted molar refractivity (Wildman–Crippen MR) is 201 cm³/mol. The van der Waals surface area contributed by atoms with Gasteiger partial charge in [-0.15, -0.1) is 0 Å². The van der Waals surface area contributed by atoms with Crippen LogP contribution >= 0.6 is 0 Å². The van der Waals surface area contributed by atoms with E-state index in [2.05, 4.69) is 17.1 Å². The van der Waals surface area contributed by atoms with Gasteiger partial charge in [0.1, 0.15) is 6.04 Å². The van der Waals surface area contributed by atoms with Gasteiger partial charge in [0, 0.05) is 37.2 Å². The summed E-state index contributed by atoms with van der Waals surface area (Å²) in [5.74, 6) is -2.65. The Labute approximate surface area is 319 Å². The molecule has 2 aliphatic heterocycles. The fourth-order valence-corrected chi connectivity index (χ4v) is 7.39. The molecule has 0 spiro atoms. The van der Waals surface area contributed by atoms with Crippen molar-refractivity contribution in [3.8, 4) is 11.1 Å². The maximum Gasteiger partial charge on any atom is 0.471 e. The quantitative estimate of drug-likeness (QED) is 0.145. The number of rotatable bonds is 12. The van der Waals surface area contributed by atoms with Gasteiger partial charge < -0.3 is 29.9 Å². The second-order valence-electron chi connectivity index (χ2n) is 14.6. The Bertz CT molecular complexity index is 1890. The van der Waals surface area contributed by atoms with Crippen LogP contribution in [0.4, 0.5) is 13.2 Å². The van der Waals surface area contributed by atoms with E-state index in [1.54, 1.807) is 0 Å². The van der Waals surface area contributed by atoms with E-state index in [9.17, 15) is 33.0 Å². The lowest BCUT2D eigenvalue weighted by Crippen LogP contribution is -2.50. The van der Waals surface area contributed by atoms with E-state index in [1.807, 2.05) is 117 Å². The van der Waals surface area contributed by atoms with Crippen LogP contribution in [0.2, 0.25) is 0 Å². The van der Waals surface area contributed by atoms with Crippen LogP contribution in [0.5, 0.6) is 0 Å². The van der Waals surface area contributed by atoms with Crippen LogP contribution in [0, 0.1) is 5.92 Å². The fourth-order valence-electron chi connectivity index (χ4n) is 7.39.